The van der Waals surface area contributed by atoms with Gasteiger partial charge in [0.1, 0.15) is 0 Å². The van der Waals surface area contributed by atoms with E-state index in [9.17, 15) is 19.2 Å². The van der Waals surface area contributed by atoms with E-state index in [0.29, 0.717) is 5.56 Å². The summed E-state index contributed by atoms with van der Waals surface area (Å²) in [5.74, 6) is -2.33. The van der Waals surface area contributed by atoms with Crippen LogP contribution in [-0.2, 0) is 14.4 Å². The lowest BCUT2D eigenvalue weighted by Crippen LogP contribution is -2.34. The highest BCUT2D eigenvalue weighted by atomic mass is 16.2. The van der Waals surface area contributed by atoms with Crippen molar-refractivity contribution >= 4 is 29.1 Å². The van der Waals surface area contributed by atoms with E-state index < -0.39 is 23.4 Å². The van der Waals surface area contributed by atoms with E-state index in [1.54, 1.807) is 18.2 Å². The molecular formula is C15H9NO4. The summed E-state index contributed by atoms with van der Waals surface area (Å²) in [5, 5.41) is 0. The molecule has 1 heterocycles. The summed E-state index contributed by atoms with van der Waals surface area (Å²) < 4.78 is 0. The minimum Gasteiger partial charge on any atom is -0.285 e. The van der Waals surface area contributed by atoms with Crippen molar-refractivity contribution in [1.29, 1.82) is 0 Å². The molecule has 0 N–H and O–H groups in total. The molecular weight excluding hydrogens is 258 g/mol. The number of Topliss-reactive ketones (excluding diaryl/α,β-unsaturated/α-hetero) is 2. The Balaban J connectivity index is 2.28. The van der Waals surface area contributed by atoms with Gasteiger partial charge in [0, 0.05) is 28.9 Å². The Morgan fingerprint density at radius 1 is 0.800 bits per heavy atom. The third-order valence-electron chi connectivity index (χ3n) is 3.36. The van der Waals surface area contributed by atoms with Crippen LogP contribution in [0, 0.1) is 0 Å². The van der Waals surface area contributed by atoms with Gasteiger partial charge in [0.2, 0.25) is 11.6 Å². The summed E-state index contributed by atoms with van der Waals surface area (Å²) in [4.78, 5) is 48.5. The Kier molecular flexibility index (Phi) is 2.50. The minimum absolute atomic E-state index is 0.110. The molecule has 1 aliphatic carbocycles. The highest BCUT2D eigenvalue weighted by molar-refractivity contribution is 6.52. The lowest BCUT2D eigenvalue weighted by molar-refractivity contribution is -0.132. The molecule has 0 bridgehead atoms. The maximum absolute atomic E-state index is 12.0. The van der Waals surface area contributed by atoms with Crippen molar-refractivity contribution in [2.45, 2.75) is 6.92 Å². The maximum atomic E-state index is 12.0. The van der Waals surface area contributed by atoms with Crippen LogP contribution in [0.3, 0.4) is 0 Å². The minimum atomic E-state index is -0.689. The van der Waals surface area contributed by atoms with Gasteiger partial charge in [0.25, 0.3) is 11.8 Å². The molecule has 98 valence electrons. The van der Waals surface area contributed by atoms with E-state index in [0.717, 1.165) is 17.1 Å². The first-order chi connectivity index (χ1) is 9.52. The average molecular weight is 267 g/mol. The standard InChI is InChI=1S/C15H9NO4/c1-8-13(16-11(17)6-7-12(16)18)9-4-2-3-5-10(9)15(20)14(8)19/h2-7H,1H3. The summed E-state index contributed by atoms with van der Waals surface area (Å²) in [6.07, 6.45) is 2.29. The molecule has 0 spiro atoms. The zero-order chi connectivity index (χ0) is 14.4. The Bertz CT molecular complexity index is 737. The molecule has 1 aliphatic heterocycles. The van der Waals surface area contributed by atoms with Crippen LogP contribution in [0.1, 0.15) is 22.8 Å². The molecule has 20 heavy (non-hydrogen) atoms. The number of nitrogens with zero attached hydrogens (tertiary/aromatic N) is 1. The first-order valence-corrected chi connectivity index (χ1v) is 5.98. The van der Waals surface area contributed by atoms with Gasteiger partial charge in [-0.2, -0.15) is 0 Å². The molecule has 5 heteroatoms. The molecule has 0 saturated heterocycles. The molecule has 0 unspecified atom stereocenters. The van der Waals surface area contributed by atoms with Gasteiger partial charge in [-0.1, -0.05) is 24.3 Å². The van der Waals surface area contributed by atoms with Crippen molar-refractivity contribution in [1.82, 2.24) is 4.90 Å². The SMILES string of the molecule is CC1=C(N2C(=O)C=CC2=O)c2ccccc2C(=O)C1=O. The second-order valence-electron chi connectivity index (χ2n) is 4.52. The van der Waals surface area contributed by atoms with Gasteiger partial charge in [-0.05, 0) is 6.92 Å². The van der Waals surface area contributed by atoms with Crippen molar-refractivity contribution < 1.29 is 19.2 Å². The number of amides is 2. The molecule has 3 rings (SSSR count). The molecule has 1 aromatic rings. The normalized spacial score (nSPS) is 18.1. The smallest absolute Gasteiger partial charge is 0.258 e. The molecule has 0 radical (unpaired) electrons. The van der Waals surface area contributed by atoms with Crippen LogP contribution in [-0.4, -0.2) is 28.3 Å². The van der Waals surface area contributed by atoms with Crippen LogP contribution in [0.15, 0.2) is 42.0 Å². The van der Waals surface area contributed by atoms with Crippen molar-refractivity contribution in [3.05, 3.63) is 53.1 Å². The van der Waals surface area contributed by atoms with Gasteiger partial charge in [-0.3, -0.25) is 19.2 Å². The van der Waals surface area contributed by atoms with Crippen LogP contribution in [0.4, 0.5) is 0 Å². The number of imide groups is 1. The molecule has 0 aromatic heterocycles. The Labute approximate surface area is 114 Å². The zero-order valence-electron chi connectivity index (χ0n) is 10.5. The average Bonchev–Trinajstić information content (AvgIpc) is 2.77. The molecule has 0 fully saturated rings. The summed E-state index contributed by atoms with van der Waals surface area (Å²) in [7, 11) is 0. The number of ketones is 2. The Morgan fingerprint density at radius 2 is 1.35 bits per heavy atom. The number of carbonyl (C=O) groups excluding carboxylic acids is 4. The Morgan fingerprint density at radius 3 is 1.95 bits per heavy atom. The van der Waals surface area contributed by atoms with Gasteiger partial charge in [-0.25, -0.2) is 4.90 Å². The second kappa shape index (κ2) is 4.09. The molecule has 2 aliphatic rings. The third kappa shape index (κ3) is 1.50. The Hall–Kier alpha value is -2.82. The number of benzene rings is 1. The molecule has 5 nitrogen and oxygen atoms in total. The van der Waals surface area contributed by atoms with Gasteiger partial charge in [0.15, 0.2) is 0 Å². The van der Waals surface area contributed by atoms with E-state index in [1.165, 1.54) is 13.0 Å². The highest BCUT2D eigenvalue weighted by Gasteiger charge is 2.37. The molecule has 1 aromatic carbocycles. The summed E-state index contributed by atoms with van der Waals surface area (Å²) in [6, 6.07) is 6.46. The van der Waals surface area contributed by atoms with Crippen molar-refractivity contribution in [3.63, 3.8) is 0 Å². The second-order valence-corrected chi connectivity index (χ2v) is 4.52. The number of hydrogen-bond acceptors (Lipinski definition) is 4. The highest BCUT2D eigenvalue weighted by Crippen LogP contribution is 2.33. The van der Waals surface area contributed by atoms with Crippen molar-refractivity contribution in [2.24, 2.45) is 0 Å². The van der Waals surface area contributed by atoms with Crippen LogP contribution < -0.4 is 0 Å². The molecule has 0 saturated carbocycles. The third-order valence-corrected chi connectivity index (χ3v) is 3.36. The quantitative estimate of drug-likeness (QED) is 0.564. The summed E-state index contributed by atoms with van der Waals surface area (Å²) >= 11 is 0. The van der Waals surface area contributed by atoms with Crippen molar-refractivity contribution in [3.8, 4) is 0 Å². The van der Waals surface area contributed by atoms with Gasteiger partial charge in [0.05, 0.1) is 5.70 Å². The topological polar surface area (TPSA) is 71.5 Å². The van der Waals surface area contributed by atoms with Crippen molar-refractivity contribution in [2.75, 3.05) is 0 Å². The largest absolute Gasteiger partial charge is 0.285 e. The van der Waals surface area contributed by atoms with E-state index in [2.05, 4.69) is 0 Å². The maximum Gasteiger partial charge on any atom is 0.258 e. The number of rotatable bonds is 1. The van der Waals surface area contributed by atoms with E-state index >= 15 is 0 Å². The molecule has 0 atom stereocenters. The number of fused-ring (bicyclic) bond motifs is 1. The predicted octanol–water partition coefficient (Wildman–Crippen LogP) is 1.11. The van der Waals surface area contributed by atoms with E-state index in [4.69, 9.17) is 0 Å². The predicted molar refractivity (Wildman–Crippen MR) is 69.4 cm³/mol. The fourth-order valence-corrected chi connectivity index (χ4v) is 2.40. The lowest BCUT2D eigenvalue weighted by Gasteiger charge is -2.25. The summed E-state index contributed by atoms with van der Waals surface area (Å²) in [5.41, 5.74) is 0.954. The first kappa shape index (κ1) is 12.2. The number of hydrogen-bond donors (Lipinski definition) is 0. The van der Waals surface area contributed by atoms with Gasteiger partial charge in [-0.15, -0.1) is 0 Å². The van der Waals surface area contributed by atoms with E-state index in [-0.39, 0.29) is 16.8 Å². The zero-order valence-corrected chi connectivity index (χ0v) is 10.5. The molecule has 2 amide bonds. The first-order valence-electron chi connectivity index (χ1n) is 5.98. The van der Waals surface area contributed by atoms with Crippen LogP contribution in [0.2, 0.25) is 0 Å². The van der Waals surface area contributed by atoms with E-state index in [1.807, 2.05) is 0 Å². The van der Waals surface area contributed by atoms with Gasteiger partial charge < -0.3 is 0 Å². The van der Waals surface area contributed by atoms with Crippen LogP contribution >= 0.6 is 0 Å². The summed E-state index contributed by atoms with van der Waals surface area (Å²) in [6.45, 7) is 1.45. The lowest BCUT2D eigenvalue weighted by atomic mass is 9.87. The fraction of sp³-hybridized carbons (Fsp3) is 0.0667. The van der Waals surface area contributed by atoms with Gasteiger partial charge >= 0.3 is 0 Å². The monoisotopic (exact) mass is 267 g/mol. The van der Waals surface area contributed by atoms with Crippen LogP contribution in [0.5, 0.6) is 0 Å². The van der Waals surface area contributed by atoms with Crippen LogP contribution in [0.25, 0.3) is 5.70 Å². The number of carbonyl (C=O) groups is 4. The number of allylic oxidation sites excluding steroid dienone is 1. The fourth-order valence-electron chi connectivity index (χ4n) is 2.40.